The van der Waals surface area contributed by atoms with E-state index >= 15 is 0 Å². The maximum atomic E-state index is 13.4. The van der Waals surface area contributed by atoms with Gasteiger partial charge in [-0.2, -0.15) is 0 Å². The van der Waals surface area contributed by atoms with Crippen LogP contribution in [0.3, 0.4) is 0 Å². The van der Waals surface area contributed by atoms with Crippen LogP contribution >= 0.6 is 31.9 Å². The van der Waals surface area contributed by atoms with E-state index < -0.39 is 5.82 Å². The molecule has 0 bridgehead atoms. The summed E-state index contributed by atoms with van der Waals surface area (Å²) in [5.41, 5.74) is 1.90. The van der Waals surface area contributed by atoms with Crippen LogP contribution in [0.15, 0.2) is 39.3 Å². The van der Waals surface area contributed by atoms with Crippen LogP contribution in [0, 0.1) is 12.7 Å². The fourth-order valence-corrected chi connectivity index (χ4v) is 2.76. The minimum atomic E-state index is -0.492. The summed E-state index contributed by atoms with van der Waals surface area (Å²) >= 11 is 6.79. The molecule has 2 rings (SSSR count). The molecule has 5 heteroatoms. The molecule has 0 heterocycles. The Kier molecular flexibility index (Phi) is 4.60. The molecule has 0 aromatic heterocycles. The molecule has 0 fully saturated rings. The molecule has 0 N–H and O–H groups in total. The van der Waals surface area contributed by atoms with Crippen molar-refractivity contribution in [3.8, 4) is 5.75 Å². The van der Waals surface area contributed by atoms with Gasteiger partial charge in [0.15, 0.2) is 17.3 Å². The predicted octanol–water partition coefficient (Wildman–Crippen LogP) is 4.90. The van der Waals surface area contributed by atoms with E-state index in [1.165, 1.54) is 25.3 Å². The van der Waals surface area contributed by atoms with Gasteiger partial charge in [-0.15, -0.1) is 0 Å². The van der Waals surface area contributed by atoms with Gasteiger partial charge in [0, 0.05) is 20.1 Å². The maximum Gasteiger partial charge on any atom is 0.194 e. The van der Waals surface area contributed by atoms with Crippen molar-refractivity contribution in [3.05, 3.63) is 61.8 Å². The average Bonchev–Trinajstić information content (AvgIpc) is 2.42. The number of methoxy groups -OCH3 is 1. The molecule has 0 aliphatic rings. The summed E-state index contributed by atoms with van der Waals surface area (Å²) in [5.74, 6) is -0.637. The van der Waals surface area contributed by atoms with Crippen molar-refractivity contribution < 1.29 is 13.9 Å². The lowest BCUT2D eigenvalue weighted by atomic mass is 10.0. The van der Waals surface area contributed by atoms with E-state index in [1.54, 1.807) is 6.07 Å². The van der Waals surface area contributed by atoms with E-state index in [2.05, 4.69) is 31.9 Å². The number of ketones is 1. The van der Waals surface area contributed by atoms with Gasteiger partial charge in [-0.1, -0.05) is 31.9 Å². The Morgan fingerprint density at radius 1 is 1.15 bits per heavy atom. The van der Waals surface area contributed by atoms with E-state index in [4.69, 9.17) is 4.74 Å². The number of halogens is 3. The van der Waals surface area contributed by atoms with Gasteiger partial charge in [-0.3, -0.25) is 4.79 Å². The lowest BCUT2D eigenvalue weighted by Gasteiger charge is -2.08. The van der Waals surface area contributed by atoms with E-state index in [1.807, 2.05) is 13.0 Å². The first-order chi connectivity index (χ1) is 9.43. The second-order valence-electron chi connectivity index (χ2n) is 4.26. The molecule has 2 aromatic carbocycles. The Bertz CT molecular complexity index is 684. The third-order valence-electron chi connectivity index (χ3n) is 2.91. The van der Waals surface area contributed by atoms with Crippen molar-refractivity contribution in [2.75, 3.05) is 7.11 Å². The molecule has 0 spiro atoms. The second kappa shape index (κ2) is 6.06. The zero-order valence-corrected chi connectivity index (χ0v) is 14.0. The fourth-order valence-electron chi connectivity index (χ4n) is 1.78. The van der Waals surface area contributed by atoms with E-state index in [9.17, 15) is 9.18 Å². The number of benzene rings is 2. The van der Waals surface area contributed by atoms with E-state index in [-0.39, 0.29) is 11.5 Å². The topological polar surface area (TPSA) is 26.3 Å². The monoisotopic (exact) mass is 400 g/mol. The number of ether oxygens (including phenoxy) is 1. The van der Waals surface area contributed by atoms with Crippen LogP contribution in [0.25, 0.3) is 0 Å². The molecule has 0 radical (unpaired) electrons. The smallest absolute Gasteiger partial charge is 0.194 e. The van der Waals surface area contributed by atoms with Crippen LogP contribution in [-0.2, 0) is 0 Å². The van der Waals surface area contributed by atoms with Crippen LogP contribution in [0.2, 0.25) is 0 Å². The highest BCUT2D eigenvalue weighted by atomic mass is 79.9. The summed E-state index contributed by atoms with van der Waals surface area (Å²) in [6, 6.07) is 7.68. The number of hydrogen-bond donors (Lipinski definition) is 0. The minimum absolute atomic E-state index is 0.0538. The van der Waals surface area contributed by atoms with Crippen LogP contribution in [0.4, 0.5) is 4.39 Å². The summed E-state index contributed by atoms with van der Waals surface area (Å²) in [5, 5.41) is 0. The lowest BCUT2D eigenvalue weighted by molar-refractivity contribution is 0.103. The highest BCUT2D eigenvalue weighted by molar-refractivity contribution is 9.11. The summed E-state index contributed by atoms with van der Waals surface area (Å²) in [6.07, 6.45) is 0. The third-order valence-corrected chi connectivity index (χ3v) is 4.42. The predicted molar refractivity (Wildman–Crippen MR) is 83.0 cm³/mol. The van der Waals surface area contributed by atoms with E-state index in [0.29, 0.717) is 15.6 Å². The molecule has 0 saturated heterocycles. The quantitative estimate of drug-likeness (QED) is 0.683. The highest BCUT2D eigenvalue weighted by Crippen LogP contribution is 2.28. The molecule has 2 nitrogen and oxygen atoms in total. The molecule has 104 valence electrons. The normalized spacial score (nSPS) is 10.4. The Balaban J connectivity index is 2.49. The van der Waals surface area contributed by atoms with E-state index in [0.717, 1.165) is 10.0 Å². The molecule has 20 heavy (non-hydrogen) atoms. The molecule has 0 amide bonds. The number of carbonyl (C=O) groups excluding carboxylic acids is 1. The van der Waals surface area contributed by atoms with Crippen molar-refractivity contribution in [2.24, 2.45) is 0 Å². The molecular formula is C15H11Br2FO2. The maximum absolute atomic E-state index is 13.4. The molecular weight excluding hydrogens is 391 g/mol. The van der Waals surface area contributed by atoms with Gasteiger partial charge in [0.25, 0.3) is 0 Å². The van der Waals surface area contributed by atoms with Crippen LogP contribution in [-0.4, -0.2) is 12.9 Å². The Hall–Kier alpha value is -1.20. The summed E-state index contributed by atoms with van der Waals surface area (Å²) in [7, 11) is 1.37. The fraction of sp³-hybridized carbons (Fsp3) is 0.133. The number of rotatable bonds is 3. The van der Waals surface area contributed by atoms with Gasteiger partial charge in [-0.25, -0.2) is 4.39 Å². The third kappa shape index (κ3) is 2.94. The first-order valence-corrected chi connectivity index (χ1v) is 7.36. The van der Waals surface area contributed by atoms with Crippen molar-refractivity contribution >= 4 is 37.6 Å². The van der Waals surface area contributed by atoms with Crippen molar-refractivity contribution in [1.29, 1.82) is 0 Å². The summed E-state index contributed by atoms with van der Waals surface area (Å²) < 4.78 is 19.8. The van der Waals surface area contributed by atoms with Crippen LogP contribution in [0.5, 0.6) is 5.75 Å². The molecule has 0 aliphatic heterocycles. The standard InChI is InChI=1S/C15H11Br2FO2/c1-8-5-12(17)10(7-11(8)16)15(19)9-3-4-13(18)14(6-9)20-2/h3-7H,1-2H3. The highest BCUT2D eigenvalue weighted by Gasteiger charge is 2.16. The first-order valence-electron chi connectivity index (χ1n) is 5.78. The van der Waals surface area contributed by atoms with Crippen molar-refractivity contribution in [3.63, 3.8) is 0 Å². The van der Waals surface area contributed by atoms with Crippen LogP contribution in [0.1, 0.15) is 21.5 Å². The molecule has 0 aliphatic carbocycles. The SMILES string of the molecule is COc1cc(C(=O)c2cc(Br)c(C)cc2Br)ccc1F. The summed E-state index contributed by atoms with van der Waals surface area (Å²) in [6.45, 7) is 1.93. The minimum Gasteiger partial charge on any atom is -0.494 e. The number of aryl methyl sites for hydroxylation is 1. The molecule has 0 unspecified atom stereocenters. The molecule has 0 atom stereocenters. The zero-order valence-electron chi connectivity index (χ0n) is 10.8. The second-order valence-corrected chi connectivity index (χ2v) is 5.97. The van der Waals surface area contributed by atoms with Crippen molar-refractivity contribution in [2.45, 2.75) is 6.92 Å². The largest absolute Gasteiger partial charge is 0.494 e. The van der Waals surface area contributed by atoms with Gasteiger partial charge >= 0.3 is 0 Å². The van der Waals surface area contributed by atoms with Gasteiger partial charge in [-0.05, 0) is 42.8 Å². The van der Waals surface area contributed by atoms with Gasteiger partial charge in [0.2, 0.25) is 0 Å². The zero-order chi connectivity index (χ0) is 14.9. The van der Waals surface area contributed by atoms with Gasteiger partial charge in [0.05, 0.1) is 7.11 Å². The molecule has 2 aromatic rings. The Morgan fingerprint density at radius 3 is 2.50 bits per heavy atom. The first kappa shape index (κ1) is 15.2. The Morgan fingerprint density at radius 2 is 1.85 bits per heavy atom. The van der Waals surface area contributed by atoms with Crippen molar-refractivity contribution in [1.82, 2.24) is 0 Å². The average molecular weight is 402 g/mol. The number of carbonyl (C=O) groups is 1. The Labute approximate surface area is 133 Å². The van der Waals surface area contributed by atoms with Gasteiger partial charge in [0.1, 0.15) is 0 Å². The lowest BCUT2D eigenvalue weighted by Crippen LogP contribution is -2.04. The summed E-state index contributed by atoms with van der Waals surface area (Å²) in [4.78, 5) is 12.5. The number of hydrogen-bond acceptors (Lipinski definition) is 2. The van der Waals surface area contributed by atoms with Crippen LogP contribution < -0.4 is 4.74 Å². The van der Waals surface area contributed by atoms with Gasteiger partial charge < -0.3 is 4.74 Å². The molecule has 0 saturated carbocycles.